The van der Waals surface area contributed by atoms with Crippen LogP contribution in [0.15, 0.2) is 42.5 Å². The summed E-state index contributed by atoms with van der Waals surface area (Å²) in [4.78, 5) is 24.0. The SMILES string of the molecule is CCOc1ccc(NC(=O)CSCC(=O)c2ccc(F)c(C)c2)cc1. The summed E-state index contributed by atoms with van der Waals surface area (Å²) in [5.74, 6) is 0.439. The fraction of sp³-hybridized carbons (Fsp3) is 0.263. The average Bonchev–Trinajstić information content (AvgIpc) is 2.59. The van der Waals surface area contributed by atoms with Crippen molar-refractivity contribution >= 4 is 29.1 Å². The Bertz CT molecular complexity index is 747. The molecule has 0 unspecified atom stereocenters. The van der Waals surface area contributed by atoms with Crippen LogP contribution in [0.5, 0.6) is 5.75 Å². The lowest BCUT2D eigenvalue weighted by Crippen LogP contribution is -2.15. The summed E-state index contributed by atoms with van der Waals surface area (Å²) >= 11 is 1.22. The first-order valence-electron chi connectivity index (χ1n) is 7.89. The number of carbonyl (C=O) groups is 2. The zero-order valence-electron chi connectivity index (χ0n) is 14.2. The van der Waals surface area contributed by atoms with Crippen LogP contribution in [0, 0.1) is 12.7 Å². The number of benzene rings is 2. The molecule has 0 saturated heterocycles. The number of carbonyl (C=O) groups excluding carboxylic acids is 2. The predicted octanol–water partition coefficient (Wildman–Crippen LogP) is 4.09. The van der Waals surface area contributed by atoms with E-state index in [-0.39, 0.29) is 29.0 Å². The molecule has 0 aromatic heterocycles. The monoisotopic (exact) mass is 361 g/mol. The third kappa shape index (κ3) is 5.90. The number of hydrogen-bond donors (Lipinski definition) is 1. The van der Waals surface area contributed by atoms with Gasteiger partial charge in [0.25, 0.3) is 0 Å². The lowest BCUT2D eigenvalue weighted by atomic mass is 10.1. The van der Waals surface area contributed by atoms with Gasteiger partial charge in [0.2, 0.25) is 5.91 Å². The first-order valence-corrected chi connectivity index (χ1v) is 9.05. The molecule has 0 heterocycles. The Morgan fingerprint density at radius 1 is 1.12 bits per heavy atom. The highest BCUT2D eigenvalue weighted by atomic mass is 32.2. The molecule has 25 heavy (non-hydrogen) atoms. The molecular weight excluding hydrogens is 341 g/mol. The van der Waals surface area contributed by atoms with E-state index < -0.39 is 0 Å². The summed E-state index contributed by atoms with van der Waals surface area (Å²) in [7, 11) is 0. The summed E-state index contributed by atoms with van der Waals surface area (Å²) in [6, 6.07) is 11.4. The number of ether oxygens (including phenoxy) is 1. The Labute approximate surface area is 150 Å². The quantitative estimate of drug-likeness (QED) is 0.720. The van der Waals surface area contributed by atoms with Crippen molar-refractivity contribution in [2.24, 2.45) is 0 Å². The molecule has 0 atom stereocenters. The van der Waals surface area contributed by atoms with Crippen LogP contribution in [0.4, 0.5) is 10.1 Å². The van der Waals surface area contributed by atoms with Gasteiger partial charge in [0.05, 0.1) is 18.1 Å². The third-order valence-electron chi connectivity index (χ3n) is 3.40. The van der Waals surface area contributed by atoms with Crippen LogP contribution in [0.2, 0.25) is 0 Å². The first-order chi connectivity index (χ1) is 12.0. The lowest BCUT2D eigenvalue weighted by molar-refractivity contribution is -0.113. The number of rotatable bonds is 8. The van der Waals surface area contributed by atoms with Crippen molar-refractivity contribution in [1.29, 1.82) is 0 Å². The molecule has 0 bridgehead atoms. The fourth-order valence-corrected chi connectivity index (χ4v) is 2.85. The number of amides is 1. The van der Waals surface area contributed by atoms with E-state index in [0.717, 1.165) is 5.75 Å². The Hall–Kier alpha value is -2.34. The number of ketones is 1. The number of Topliss-reactive ketones (excluding diaryl/α,β-unsaturated/α-hetero) is 1. The van der Waals surface area contributed by atoms with Crippen molar-refractivity contribution in [3.05, 3.63) is 59.4 Å². The second-order valence-corrected chi connectivity index (χ2v) is 6.37. The molecule has 0 saturated carbocycles. The van der Waals surface area contributed by atoms with Gasteiger partial charge in [0.1, 0.15) is 11.6 Å². The van der Waals surface area contributed by atoms with Crippen LogP contribution in [-0.4, -0.2) is 29.8 Å². The van der Waals surface area contributed by atoms with Gasteiger partial charge in [-0.25, -0.2) is 4.39 Å². The van der Waals surface area contributed by atoms with Crippen molar-refractivity contribution in [2.45, 2.75) is 13.8 Å². The minimum atomic E-state index is -0.334. The summed E-state index contributed by atoms with van der Waals surface area (Å²) in [6.07, 6.45) is 0. The smallest absolute Gasteiger partial charge is 0.234 e. The molecule has 132 valence electrons. The second kappa shape index (κ2) is 9.22. The molecule has 0 fully saturated rings. The van der Waals surface area contributed by atoms with Gasteiger partial charge in [-0.1, -0.05) is 0 Å². The summed E-state index contributed by atoms with van der Waals surface area (Å²) in [5, 5.41) is 2.77. The first kappa shape index (κ1) is 19.0. The van der Waals surface area contributed by atoms with Crippen molar-refractivity contribution in [3.8, 4) is 5.75 Å². The highest BCUT2D eigenvalue weighted by molar-refractivity contribution is 8.00. The van der Waals surface area contributed by atoms with Crippen molar-refractivity contribution in [3.63, 3.8) is 0 Å². The van der Waals surface area contributed by atoms with Crippen LogP contribution >= 0.6 is 11.8 Å². The van der Waals surface area contributed by atoms with Crippen LogP contribution in [0.25, 0.3) is 0 Å². The van der Waals surface area contributed by atoms with Crippen LogP contribution in [-0.2, 0) is 4.79 Å². The van der Waals surface area contributed by atoms with E-state index >= 15 is 0 Å². The number of aryl methyl sites for hydroxylation is 1. The van der Waals surface area contributed by atoms with Crippen LogP contribution < -0.4 is 10.1 Å². The molecular formula is C19H20FNO3S. The number of anilines is 1. The molecule has 1 amide bonds. The molecule has 2 rings (SSSR count). The van der Waals surface area contributed by atoms with Crippen molar-refractivity contribution < 1.29 is 18.7 Å². The standard InChI is InChI=1S/C19H20FNO3S/c1-3-24-16-7-5-15(6-8-16)21-19(23)12-25-11-18(22)14-4-9-17(20)13(2)10-14/h4-10H,3,11-12H2,1-2H3,(H,21,23). The van der Waals surface area contributed by atoms with Gasteiger partial charge in [-0.3, -0.25) is 9.59 Å². The second-order valence-electron chi connectivity index (χ2n) is 5.39. The Balaban J connectivity index is 1.77. The Kier molecular flexibility index (Phi) is 7.01. The average molecular weight is 361 g/mol. The molecule has 0 radical (unpaired) electrons. The number of halogens is 1. The maximum absolute atomic E-state index is 13.2. The van der Waals surface area contributed by atoms with Crippen LogP contribution in [0.1, 0.15) is 22.8 Å². The minimum absolute atomic E-state index is 0.123. The maximum Gasteiger partial charge on any atom is 0.234 e. The van der Waals surface area contributed by atoms with Crippen molar-refractivity contribution in [2.75, 3.05) is 23.4 Å². The molecule has 6 heteroatoms. The van der Waals surface area contributed by atoms with Gasteiger partial charge in [-0.2, -0.15) is 0 Å². The third-order valence-corrected chi connectivity index (χ3v) is 4.33. The molecule has 0 spiro atoms. The van der Waals surface area contributed by atoms with E-state index in [4.69, 9.17) is 4.74 Å². The molecule has 0 aliphatic carbocycles. The van der Waals surface area contributed by atoms with Crippen molar-refractivity contribution in [1.82, 2.24) is 0 Å². The molecule has 2 aromatic carbocycles. The summed E-state index contributed by atoms with van der Waals surface area (Å²) < 4.78 is 18.6. The molecule has 0 aliphatic heterocycles. The van der Waals surface area contributed by atoms with E-state index in [1.165, 1.54) is 30.0 Å². The molecule has 1 N–H and O–H groups in total. The number of thioether (sulfide) groups is 1. The molecule has 4 nitrogen and oxygen atoms in total. The molecule has 0 aliphatic rings. The maximum atomic E-state index is 13.2. The normalized spacial score (nSPS) is 10.4. The zero-order valence-corrected chi connectivity index (χ0v) is 15.0. The largest absolute Gasteiger partial charge is 0.494 e. The molecule has 2 aromatic rings. The van der Waals surface area contributed by atoms with E-state index in [0.29, 0.717) is 23.4 Å². The van der Waals surface area contributed by atoms with Crippen LogP contribution in [0.3, 0.4) is 0 Å². The lowest BCUT2D eigenvalue weighted by Gasteiger charge is -2.07. The van der Waals surface area contributed by atoms with Gasteiger partial charge < -0.3 is 10.1 Å². The Morgan fingerprint density at radius 3 is 2.48 bits per heavy atom. The fourth-order valence-electron chi connectivity index (χ4n) is 2.14. The Morgan fingerprint density at radius 2 is 1.84 bits per heavy atom. The summed E-state index contributed by atoms with van der Waals surface area (Å²) in [5.41, 5.74) is 1.57. The zero-order chi connectivity index (χ0) is 18.2. The van der Waals surface area contributed by atoms with E-state index in [1.807, 2.05) is 6.92 Å². The topological polar surface area (TPSA) is 55.4 Å². The van der Waals surface area contributed by atoms with Gasteiger partial charge in [-0.05, 0) is 61.9 Å². The minimum Gasteiger partial charge on any atom is -0.494 e. The highest BCUT2D eigenvalue weighted by Crippen LogP contribution is 2.16. The van der Waals surface area contributed by atoms with Gasteiger partial charge >= 0.3 is 0 Å². The van der Waals surface area contributed by atoms with Gasteiger partial charge in [0.15, 0.2) is 5.78 Å². The van der Waals surface area contributed by atoms with E-state index in [1.54, 1.807) is 31.2 Å². The predicted molar refractivity (Wildman–Crippen MR) is 99.0 cm³/mol. The highest BCUT2D eigenvalue weighted by Gasteiger charge is 2.10. The van der Waals surface area contributed by atoms with E-state index in [2.05, 4.69) is 5.32 Å². The number of hydrogen-bond acceptors (Lipinski definition) is 4. The number of nitrogens with one attached hydrogen (secondary N) is 1. The van der Waals surface area contributed by atoms with Gasteiger partial charge in [0, 0.05) is 11.3 Å². The van der Waals surface area contributed by atoms with Gasteiger partial charge in [-0.15, -0.1) is 11.8 Å². The van der Waals surface area contributed by atoms with E-state index in [9.17, 15) is 14.0 Å². The summed E-state index contributed by atoms with van der Waals surface area (Å²) in [6.45, 7) is 4.11.